The molecule has 0 saturated carbocycles. The summed E-state index contributed by atoms with van der Waals surface area (Å²) in [6, 6.07) is 17.9. The van der Waals surface area contributed by atoms with Crippen LogP contribution >= 0.6 is 0 Å². The van der Waals surface area contributed by atoms with E-state index in [-0.39, 0.29) is 0 Å². The average molecular weight is 272 g/mol. The van der Waals surface area contributed by atoms with Crippen molar-refractivity contribution in [2.45, 2.75) is 12.5 Å². The lowest BCUT2D eigenvalue weighted by molar-refractivity contribution is -0.661. The Bertz CT molecular complexity index is 496. The van der Waals surface area contributed by atoms with Crippen molar-refractivity contribution in [2.75, 3.05) is 20.2 Å². The third kappa shape index (κ3) is 4.37. The van der Waals surface area contributed by atoms with Gasteiger partial charge in [-0.3, -0.25) is 0 Å². The molecule has 0 saturated heterocycles. The van der Waals surface area contributed by atoms with Gasteiger partial charge in [-0.1, -0.05) is 42.5 Å². The minimum absolute atomic E-state index is 0.396. The molecule has 106 valence electrons. The summed E-state index contributed by atoms with van der Waals surface area (Å²) in [5.41, 5.74) is 2.27. The van der Waals surface area contributed by atoms with Crippen LogP contribution in [0.5, 0.6) is 5.75 Å². The van der Waals surface area contributed by atoms with E-state index in [1.54, 1.807) is 7.11 Å². The smallest absolute Gasteiger partial charge is 0.128 e. The van der Waals surface area contributed by atoms with Crippen molar-refractivity contribution in [1.82, 2.24) is 0 Å². The van der Waals surface area contributed by atoms with E-state index < -0.39 is 6.10 Å². The number of aliphatic hydroxyl groups is 1. The van der Waals surface area contributed by atoms with Crippen molar-refractivity contribution in [1.29, 1.82) is 0 Å². The van der Waals surface area contributed by atoms with Crippen molar-refractivity contribution in [3.63, 3.8) is 0 Å². The molecular formula is C17H22NO2+. The summed E-state index contributed by atoms with van der Waals surface area (Å²) >= 11 is 0. The fourth-order valence-corrected chi connectivity index (χ4v) is 2.15. The summed E-state index contributed by atoms with van der Waals surface area (Å²) < 4.78 is 5.13. The van der Waals surface area contributed by atoms with Crippen LogP contribution in [0.25, 0.3) is 0 Å². The number of nitrogens with two attached hydrogens (primary N) is 1. The van der Waals surface area contributed by atoms with Crippen molar-refractivity contribution in [2.24, 2.45) is 0 Å². The molecule has 2 rings (SSSR count). The molecule has 0 aliphatic heterocycles. The van der Waals surface area contributed by atoms with Crippen molar-refractivity contribution in [3.05, 3.63) is 65.7 Å². The maximum absolute atomic E-state index is 10.0. The summed E-state index contributed by atoms with van der Waals surface area (Å²) in [6.45, 7) is 1.66. The van der Waals surface area contributed by atoms with E-state index in [1.807, 2.05) is 42.5 Å². The Hall–Kier alpha value is -1.84. The number of ether oxygens (including phenoxy) is 1. The van der Waals surface area contributed by atoms with Crippen LogP contribution in [0.3, 0.4) is 0 Å². The summed E-state index contributed by atoms with van der Waals surface area (Å²) in [7, 11) is 1.67. The number of aliphatic hydroxyl groups excluding tert-OH is 1. The van der Waals surface area contributed by atoms with Gasteiger partial charge in [0.15, 0.2) is 0 Å². The van der Waals surface area contributed by atoms with Crippen LogP contribution in [0.1, 0.15) is 17.2 Å². The summed E-state index contributed by atoms with van der Waals surface area (Å²) in [5.74, 6) is 0.886. The van der Waals surface area contributed by atoms with Crippen LogP contribution in [-0.4, -0.2) is 25.3 Å². The summed E-state index contributed by atoms with van der Waals surface area (Å²) in [6.07, 6.45) is 0.595. The molecule has 0 bridgehead atoms. The van der Waals surface area contributed by atoms with Crippen LogP contribution in [0.4, 0.5) is 0 Å². The van der Waals surface area contributed by atoms with E-state index in [1.165, 1.54) is 5.56 Å². The van der Waals surface area contributed by atoms with Crippen molar-refractivity contribution >= 4 is 0 Å². The van der Waals surface area contributed by atoms with Crippen LogP contribution in [0.15, 0.2) is 54.6 Å². The predicted octanol–water partition coefficient (Wildman–Crippen LogP) is 1.53. The molecule has 0 aromatic heterocycles. The molecule has 20 heavy (non-hydrogen) atoms. The van der Waals surface area contributed by atoms with Gasteiger partial charge in [-0.15, -0.1) is 0 Å². The minimum atomic E-state index is -0.396. The normalized spacial score (nSPS) is 12.1. The van der Waals surface area contributed by atoms with E-state index in [0.29, 0.717) is 6.54 Å². The molecule has 3 heteroatoms. The number of methoxy groups -OCH3 is 1. The number of benzene rings is 2. The third-order valence-corrected chi connectivity index (χ3v) is 3.37. The van der Waals surface area contributed by atoms with Gasteiger partial charge < -0.3 is 15.2 Å². The molecule has 2 aromatic rings. The van der Waals surface area contributed by atoms with Gasteiger partial charge in [0.2, 0.25) is 0 Å². The van der Waals surface area contributed by atoms with Crippen LogP contribution in [0, 0.1) is 0 Å². The first kappa shape index (κ1) is 14.6. The molecule has 2 aromatic carbocycles. The second-order valence-corrected chi connectivity index (χ2v) is 4.84. The molecule has 0 heterocycles. The molecule has 3 nitrogen and oxygen atoms in total. The first-order valence-electron chi connectivity index (χ1n) is 6.97. The minimum Gasteiger partial charge on any atom is -0.497 e. The highest BCUT2D eigenvalue weighted by molar-refractivity contribution is 5.27. The molecule has 0 aliphatic rings. The standard InChI is InChI=1S/C17H21NO2/c1-20-16-9-7-14(8-10-16)11-12-18-13-17(19)15-5-3-2-4-6-15/h2-10,17-19H,11-13H2,1H3/p+1/t17-/m1/s1. The highest BCUT2D eigenvalue weighted by Crippen LogP contribution is 2.11. The number of rotatable bonds is 7. The fourth-order valence-electron chi connectivity index (χ4n) is 2.15. The van der Waals surface area contributed by atoms with Gasteiger partial charge in [0.05, 0.1) is 13.7 Å². The summed E-state index contributed by atoms with van der Waals surface area (Å²) in [4.78, 5) is 0. The molecule has 0 fully saturated rings. The Kier molecular flexibility index (Phi) is 5.59. The SMILES string of the molecule is COc1ccc(CC[NH2+]C[C@@H](O)c2ccccc2)cc1. The predicted molar refractivity (Wildman–Crippen MR) is 79.8 cm³/mol. The molecule has 0 amide bonds. The third-order valence-electron chi connectivity index (χ3n) is 3.37. The van der Waals surface area contributed by atoms with E-state index in [9.17, 15) is 5.11 Å². The maximum Gasteiger partial charge on any atom is 0.128 e. The molecule has 3 N–H and O–H groups in total. The van der Waals surface area contributed by atoms with Crippen molar-refractivity contribution < 1.29 is 15.2 Å². The first-order chi connectivity index (χ1) is 9.79. The largest absolute Gasteiger partial charge is 0.497 e. The van der Waals surface area contributed by atoms with Gasteiger partial charge >= 0.3 is 0 Å². The van der Waals surface area contributed by atoms with Crippen molar-refractivity contribution in [3.8, 4) is 5.75 Å². The Morgan fingerprint density at radius 2 is 1.75 bits per heavy atom. The Labute approximate surface area is 120 Å². The Balaban J connectivity index is 1.70. The lowest BCUT2D eigenvalue weighted by atomic mass is 10.1. The van der Waals surface area contributed by atoms with Gasteiger partial charge in [0.25, 0.3) is 0 Å². The molecule has 0 spiro atoms. The topological polar surface area (TPSA) is 46.1 Å². The number of quaternary nitrogens is 1. The van der Waals surface area contributed by atoms with Crippen LogP contribution in [-0.2, 0) is 6.42 Å². The maximum atomic E-state index is 10.0. The lowest BCUT2D eigenvalue weighted by Gasteiger charge is -2.09. The zero-order valence-electron chi connectivity index (χ0n) is 11.8. The molecule has 0 aliphatic carbocycles. The highest BCUT2D eigenvalue weighted by Gasteiger charge is 2.08. The monoisotopic (exact) mass is 272 g/mol. The van der Waals surface area contributed by atoms with Gasteiger partial charge in [0.1, 0.15) is 18.4 Å². The van der Waals surface area contributed by atoms with E-state index in [4.69, 9.17) is 4.74 Å². The van der Waals surface area contributed by atoms with Gasteiger partial charge in [0, 0.05) is 6.42 Å². The van der Waals surface area contributed by atoms with Gasteiger partial charge in [-0.05, 0) is 23.3 Å². The first-order valence-corrected chi connectivity index (χ1v) is 6.97. The van der Waals surface area contributed by atoms with E-state index in [0.717, 1.165) is 24.3 Å². The van der Waals surface area contributed by atoms with Gasteiger partial charge in [-0.25, -0.2) is 0 Å². The van der Waals surface area contributed by atoms with Crippen LogP contribution < -0.4 is 10.1 Å². The van der Waals surface area contributed by atoms with Gasteiger partial charge in [-0.2, -0.15) is 0 Å². The molecule has 0 unspecified atom stereocenters. The second-order valence-electron chi connectivity index (χ2n) is 4.84. The average Bonchev–Trinajstić information content (AvgIpc) is 2.53. The Morgan fingerprint density at radius 3 is 2.40 bits per heavy atom. The lowest BCUT2D eigenvalue weighted by Crippen LogP contribution is -2.85. The molecule has 1 atom stereocenters. The fraction of sp³-hybridized carbons (Fsp3) is 0.294. The zero-order chi connectivity index (χ0) is 14.2. The number of hydrogen-bond donors (Lipinski definition) is 2. The molecular weight excluding hydrogens is 250 g/mol. The Morgan fingerprint density at radius 1 is 1.05 bits per heavy atom. The second kappa shape index (κ2) is 7.68. The summed E-state index contributed by atoms with van der Waals surface area (Å²) in [5, 5.41) is 12.2. The number of hydrogen-bond acceptors (Lipinski definition) is 2. The van der Waals surface area contributed by atoms with E-state index in [2.05, 4.69) is 17.4 Å². The molecule has 0 radical (unpaired) electrons. The quantitative estimate of drug-likeness (QED) is 0.751. The highest BCUT2D eigenvalue weighted by atomic mass is 16.5. The van der Waals surface area contributed by atoms with E-state index >= 15 is 0 Å². The zero-order valence-corrected chi connectivity index (χ0v) is 11.8. The van der Waals surface area contributed by atoms with Crippen LogP contribution in [0.2, 0.25) is 0 Å².